The van der Waals surface area contributed by atoms with E-state index in [9.17, 15) is 9.59 Å². The average molecular weight is 255 g/mol. The fourth-order valence-electron chi connectivity index (χ4n) is 1.42. The molecule has 0 radical (unpaired) electrons. The summed E-state index contributed by atoms with van der Waals surface area (Å²) in [6, 6.07) is 1.80. The number of hydrogen-bond acceptors (Lipinski definition) is 3. The Kier molecular flexibility index (Phi) is 3.62. The van der Waals surface area contributed by atoms with Crippen molar-refractivity contribution in [1.82, 2.24) is 4.90 Å². The summed E-state index contributed by atoms with van der Waals surface area (Å²) < 4.78 is 0. The van der Waals surface area contributed by atoms with Crippen LogP contribution in [-0.2, 0) is 4.79 Å². The van der Waals surface area contributed by atoms with Gasteiger partial charge in [0.15, 0.2) is 0 Å². The van der Waals surface area contributed by atoms with Gasteiger partial charge >= 0.3 is 5.97 Å². The first-order valence-electron chi connectivity index (χ1n) is 5.26. The van der Waals surface area contributed by atoms with Crippen LogP contribution in [0.15, 0.2) is 6.07 Å². The monoisotopic (exact) mass is 255 g/mol. The standard InChI is InChI=1S/C12H17NO3S/c1-7-6-9(8(2)17-7)10(14)13(5)12(3,4)11(15)16/h6H,1-5H3,(H,15,16). The maximum atomic E-state index is 12.2. The van der Waals surface area contributed by atoms with E-state index in [1.807, 2.05) is 13.8 Å². The summed E-state index contributed by atoms with van der Waals surface area (Å²) in [7, 11) is 1.52. The van der Waals surface area contributed by atoms with Gasteiger partial charge in [-0.25, -0.2) is 4.79 Å². The van der Waals surface area contributed by atoms with Crippen LogP contribution in [0.4, 0.5) is 0 Å². The molecule has 1 heterocycles. The molecule has 0 bridgehead atoms. The lowest BCUT2D eigenvalue weighted by Crippen LogP contribution is -2.50. The predicted molar refractivity (Wildman–Crippen MR) is 67.6 cm³/mol. The minimum Gasteiger partial charge on any atom is -0.480 e. The Labute approximate surface area is 105 Å². The van der Waals surface area contributed by atoms with Gasteiger partial charge < -0.3 is 10.0 Å². The van der Waals surface area contributed by atoms with E-state index < -0.39 is 11.5 Å². The van der Waals surface area contributed by atoms with Gasteiger partial charge in [0.25, 0.3) is 5.91 Å². The Morgan fingerprint density at radius 3 is 2.24 bits per heavy atom. The van der Waals surface area contributed by atoms with E-state index in [4.69, 9.17) is 5.11 Å². The third kappa shape index (κ3) is 2.49. The number of rotatable bonds is 3. The highest BCUT2D eigenvalue weighted by molar-refractivity contribution is 7.12. The number of carbonyl (C=O) groups is 2. The van der Waals surface area contributed by atoms with Crippen molar-refractivity contribution < 1.29 is 14.7 Å². The number of carbonyl (C=O) groups excluding carboxylic acids is 1. The molecule has 94 valence electrons. The van der Waals surface area contributed by atoms with Crippen LogP contribution in [0.5, 0.6) is 0 Å². The zero-order valence-electron chi connectivity index (χ0n) is 10.7. The molecule has 1 amide bonds. The van der Waals surface area contributed by atoms with Gasteiger partial charge in [0.1, 0.15) is 5.54 Å². The summed E-state index contributed by atoms with van der Waals surface area (Å²) in [5.74, 6) is -1.27. The van der Waals surface area contributed by atoms with Crippen LogP contribution >= 0.6 is 11.3 Å². The Hall–Kier alpha value is -1.36. The van der Waals surface area contributed by atoms with Crippen molar-refractivity contribution in [3.8, 4) is 0 Å². The van der Waals surface area contributed by atoms with Crippen LogP contribution < -0.4 is 0 Å². The van der Waals surface area contributed by atoms with Crippen molar-refractivity contribution in [2.45, 2.75) is 33.2 Å². The molecular weight excluding hydrogens is 238 g/mol. The predicted octanol–water partition coefficient (Wildman–Crippen LogP) is 2.30. The summed E-state index contributed by atoms with van der Waals surface area (Å²) in [6.45, 7) is 6.83. The van der Waals surface area contributed by atoms with Crippen molar-refractivity contribution in [2.24, 2.45) is 0 Å². The molecule has 0 aliphatic heterocycles. The van der Waals surface area contributed by atoms with E-state index in [-0.39, 0.29) is 5.91 Å². The zero-order valence-corrected chi connectivity index (χ0v) is 11.5. The van der Waals surface area contributed by atoms with Crippen molar-refractivity contribution in [1.29, 1.82) is 0 Å². The first-order chi connectivity index (χ1) is 7.67. The molecule has 0 saturated carbocycles. The molecule has 0 aromatic carbocycles. The van der Waals surface area contributed by atoms with Crippen molar-refractivity contribution in [3.63, 3.8) is 0 Å². The maximum Gasteiger partial charge on any atom is 0.329 e. The van der Waals surface area contributed by atoms with Gasteiger partial charge in [-0.1, -0.05) is 0 Å². The number of hydrogen-bond donors (Lipinski definition) is 1. The molecule has 17 heavy (non-hydrogen) atoms. The smallest absolute Gasteiger partial charge is 0.329 e. The lowest BCUT2D eigenvalue weighted by molar-refractivity contribution is -0.147. The number of aliphatic carboxylic acids is 1. The van der Waals surface area contributed by atoms with Gasteiger partial charge in [0.2, 0.25) is 0 Å². The van der Waals surface area contributed by atoms with Gasteiger partial charge in [0, 0.05) is 16.8 Å². The second kappa shape index (κ2) is 4.49. The van der Waals surface area contributed by atoms with Crippen LogP contribution in [0.2, 0.25) is 0 Å². The molecule has 0 spiro atoms. The molecule has 5 heteroatoms. The van der Waals surface area contributed by atoms with Gasteiger partial charge in [-0.3, -0.25) is 4.79 Å². The number of carboxylic acid groups (broad SMARTS) is 1. The summed E-state index contributed by atoms with van der Waals surface area (Å²) in [6.07, 6.45) is 0. The highest BCUT2D eigenvalue weighted by Crippen LogP contribution is 2.24. The van der Waals surface area contributed by atoms with Gasteiger partial charge in [-0.05, 0) is 33.8 Å². The Balaban J connectivity index is 3.06. The van der Waals surface area contributed by atoms with E-state index in [0.29, 0.717) is 5.56 Å². The first-order valence-corrected chi connectivity index (χ1v) is 6.08. The van der Waals surface area contributed by atoms with E-state index in [1.165, 1.54) is 37.1 Å². The van der Waals surface area contributed by atoms with E-state index in [0.717, 1.165) is 9.75 Å². The molecule has 1 aromatic rings. The normalized spacial score (nSPS) is 11.4. The third-order valence-corrected chi connectivity index (χ3v) is 3.90. The lowest BCUT2D eigenvalue weighted by atomic mass is 10.0. The maximum absolute atomic E-state index is 12.2. The van der Waals surface area contributed by atoms with Crippen LogP contribution in [0.25, 0.3) is 0 Å². The van der Waals surface area contributed by atoms with Crippen molar-refractivity contribution in [3.05, 3.63) is 21.4 Å². The average Bonchev–Trinajstić information content (AvgIpc) is 2.55. The SMILES string of the molecule is Cc1cc(C(=O)N(C)C(C)(C)C(=O)O)c(C)s1. The summed E-state index contributed by atoms with van der Waals surface area (Å²) in [5.41, 5.74) is -0.622. The number of carboxylic acids is 1. The van der Waals surface area contributed by atoms with Gasteiger partial charge in [0.05, 0.1) is 5.56 Å². The van der Waals surface area contributed by atoms with Crippen LogP contribution in [0.1, 0.15) is 34.0 Å². The van der Waals surface area contributed by atoms with Gasteiger partial charge in [-0.2, -0.15) is 0 Å². The van der Waals surface area contributed by atoms with Crippen LogP contribution in [0.3, 0.4) is 0 Å². The number of aryl methyl sites for hydroxylation is 2. The second-order valence-electron chi connectivity index (χ2n) is 4.56. The Bertz CT molecular complexity index is 462. The molecule has 4 nitrogen and oxygen atoms in total. The minimum absolute atomic E-state index is 0.251. The molecule has 0 fully saturated rings. The zero-order chi connectivity index (χ0) is 13.4. The lowest BCUT2D eigenvalue weighted by Gasteiger charge is -2.31. The molecule has 0 aliphatic carbocycles. The number of likely N-dealkylation sites (N-methyl/N-ethyl adjacent to an activating group) is 1. The third-order valence-electron chi connectivity index (χ3n) is 2.94. The fraction of sp³-hybridized carbons (Fsp3) is 0.500. The Morgan fingerprint density at radius 1 is 1.35 bits per heavy atom. The van der Waals surface area contributed by atoms with Crippen molar-refractivity contribution >= 4 is 23.2 Å². The van der Waals surface area contributed by atoms with Crippen molar-refractivity contribution in [2.75, 3.05) is 7.05 Å². The molecule has 0 atom stereocenters. The fourth-order valence-corrected chi connectivity index (χ4v) is 2.34. The largest absolute Gasteiger partial charge is 0.480 e. The topological polar surface area (TPSA) is 57.6 Å². The van der Waals surface area contributed by atoms with Gasteiger partial charge in [-0.15, -0.1) is 11.3 Å². The summed E-state index contributed by atoms with van der Waals surface area (Å²) >= 11 is 1.54. The van der Waals surface area contributed by atoms with E-state index in [2.05, 4.69) is 0 Å². The van der Waals surface area contributed by atoms with Crippen LogP contribution in [0, 0.1) is 13.8 Å². The highest BCUT2D eigenvalue weighted by atomic mass is 32.1. The van der Waals surface area contributed by atoms with E-state index in [1.54, 1.807) is 6.07 Å². The second-order valence-corrected chi connectivity index (χ2v) is 6.02. The van der Waals surface area contributed by atoms with E-state index >= 15 is 0 Å². The number of thiophene rings is 1. The molecule has 1 aromatic heterocycles. The molecule has 0 unspecified atom stereocenters. The number of amides is 1. The molecule has 1 rings (SSSR count). The minimum atomic E-state index is -1.21. The summed E-state index contributed by atoms with van der Waals surface area (Å²) in [5, 5.41) is 9.09. The van der Waals surface area contributed by atoms with Crippen LogP contribution in [-0.4, -0.2) is 34.5 Å². The molecule has 0 saturated heterocycles. The quantitative estimate of drug-likeness (QED) is 0.901. The Morgan fingerprint density at radius 2 is 1.88 bits per heavy atom. The molecule has 0 aliphatic rings. The molecular formula is C12H17NO3S. The highest BCUT2D eigenvalue weighted by Gasteiger charge is 2.36. The summed E-state index contributed by atoms with van der Waals surface area (Å²) in [4.78, 5) is 26.5. The first kappa shape index (κ1) is 13.7. The number of nitrogens with zero attached hydrogens (tertiary/aromatic N) is 1. The molecule has 1 N–H and O–H groups in total.